The van der Waals surface area contributed by atoms with E-state index in [9.17, 15) is 0 Å². The van der Waals surface area contributed by atoms with Gasteiger partial charge in [0.15, 0.2) is 0 Å². The summed E-state index contributed by atoms with van der Waals surface area (Å²) in [5, 5.41) is 9.77. The molecule has 2 nitrogen and oxygen atoms in total. The van der Waals surface area contributed by atoms with Crippen molar-refractivity contribution in [3.8, 4) is 50.2 Å². The molecule has 12 aromatic rings. The summed E-state index contributed by atoms with van der Waals surface area (Å²) in [6.07, 6.45) is 0. The van der Waals surface area contributed by atoms with Crippen molar-refractivity contribution in [1.29, 1.82) is 0 Å². The fourth-order valence-corrected chi connectivity index (χ4v) is 9.43. The van der Waals surface area contributed by atoms with E-state index in [1.165, 1.54) is 76.7 Å². The Morgan fingerprint density at radius 2 is 0.828 bits per heavy atom. The van der Waals surface area contributed by atoms with Crippen LogP contribution in [0, 0.1) is 0 Å². The van der Waals surface area contributed by atoms with Crippen LogP contribution in [-0.2, 0) is 0 Å². The molecule has 58 heavy (non-hydrogen) atoms. The van der Waals surface area contributed by atoms with Gasteiger partial charge in [-0.1, -0.05) is 170 Å². The molecule has 2 aromatic heterocycles. The van der Waals surface area contributed by atoms with Crippen LogP contribution in [0.3, 0.4) is 0 Å². The van der Waals surface area contributed by atoms with Crippen LogP contribution in [0.4, 0.5) is 0 Å². The number of hydrogen-bond donors (Lipinski definition) is 0. The van der Waals surface area contributed by atoms with Crippen LogP contribution < -0.4 is 0 Å². The summed E-state index contributed by atoms with van der Waals surface area (Å²) in [7, 11) is 0. The number of para-hydroxylation sites is 3. The van der Waals surface area contributed by atoms with E-state index < -0.39 is 0 Å². The van der Waals surface area contributed by atoms with E-state index >= 15 is 0 Å². The van der Waals surface area contributed by atoms with E-state index in [1.54, 1.807) is 0 Å². The van der Waals surface area contributed by atoms with Crippen molar-refractivity contribution in [2.45, 2.75) is 0 Å². The van der Waals surface area contributed by atoms with Gasteiger partial charge in [0.2, 0.25) is 0 Å². The minimum absolute atomic E-state index is 0.913. The van der Waals surface area contributed by atoms with Gasteiger partial charge in [-0.3, -0.25) is 0 Å². The Morgan fingerprint density at radius 1 is 0.293 bits per heavy atom. The Morgan fingerprint density at radius 3 is 1.60 bits per heavy atom. The van der Waals surface area contributed by atoms with Gasteiger partial charge in [0.25, 0.3) is 0 Å². The first-order valence-electron chi connectivity index (χ1n) is 19.9. The molecule has 0 amide bonds. The summed E-state index contributed by atoms with van der Waals surface area (Å²) in [5.41, 5.74) is 14.9. The number of rotatable bonds is 5. The molecule has 0 aliphatic heterocycles. The highest BCUT2D eigenvalue weighted by Gasteiger charge is 2.19. The molecule has 0 aliphatic carbocycles. The Balaban J connectivity index is 1.01. The molecule has 0 unspecified atom stereocenters. The number of benzene rings is 10. The van der Waals surface area contributed by atoms with Gasteiger partial charge in [-0.05, 0) is 103 Å². The van der Waals surface area contributed by atoms with Crippen LogP contribution in [0.15, 0.2) is 217 Å². The summed E-state index contributed by atoms with van der Waals surface area (Å²) in [6.45, 7) is 0. The molecule has 0 saturated heterocycles. The van der Waals surface area contributed by atoms with Crippen LogP contribution in [0.2, 0.25) is 0 Å². The molecule has 0 atom stereocenters. The number of nitrogens with zero attached hydrogens (tertiary/aromatic N) is 1. The average Bonchev–Trinajstić information content (AvgIpc) is 3.84. The van der Waals surface area contributed by atoms with Crippen molar-refractivity contribution in [3.63, 3.8) is 0 Å². The predicted octanol–water partition coefficient (Wildman–Crippen LogP) is 15.7. The van der Waals surface area contributed by atoms with Crippen molar-refractivity contribution in [2.24, 2.45) is 0 Å². The maximum atomic E-state index is 6.43. The van der Waals surface area contributed by atoms with Gasteiger partial charge in [-0.2, -0.15) is 0 Å². The SMILES string of the molecule is c1ccc(-c2c3ccccc3c(-c3cccc(-n4c5ccccc5c5cc(-c6cccc(-c7cccc8c7oc7ccccc78)c6)ccc54)c3)c3ccccc23)cc1. The lowest BCUT2D eigenvalue weighted by atomic mass is 9.86. The Labute approximate surface area is 335 Å². The third kappa shape index (κ3) is 4.99. The molecule has 0 fully saturated rings. The molecule has 12 rings (SSSR count). The zero-order valence-corrected chi connectivity index (χ0v) is 31.6. The summed E-state index contributed by atoms with van der Waals surface area (Å²) in [5.74, 6) is 0. The standard InChI is InChI=1S/C56H35NO/c1-2-15-36(16-3-1)54-45-23-4-6-25-47(45)55(48-26-7-5-24-46(48)54)40-19-13-20-41(34-40)57-51-29-10-8-21-43(51)50-35-38(31-32-52(50)57)37-17-12-18-39(33-37)42-27-14-28-49-44-22-9-11-30-53(44)58-56(42)49/h1-35H. The van der Waals surface area contributed by atoms with E-state index in [2.05, 4.69) is 205 Å². The van der Waals surface area contributed by atoms with E-state index in [1.807, 2.05) is 12.1 Å². The predicted molar refractivity (Wildman–Crippen MR) is 245 cm³/mol. The molecule has 0 spiro atoms. The highest BCUT2D eigenvalue weighted by atomic mass is 16.3. The minimum Gasteiger partial charge on any atom is -0.455 e. The Bertz CT molecular complexity index is 3510. The van der Waals surface area contributed by atoms with Crippen molar-refractivity contribution < 1.29 is 4.42 Å². The fraction of sp³-hybridized carbons (Fsp3) is 0. The molecule has 0 saturated carbocycles. The Kier molecular flexibility index (Phi) is 7.26. The first-order valence-corrected chi connectivity index (χ1v) is 19.9. The molecule has 270 valence electrons. The monoisotopic (exact) mass is 737 g/mol. The zero-order chi connectivity index (χ0) is 38.2. The highest BCUT2D eigenvalue weighted by molar-refractivity contribution is 6.21. The lowest BCUT2D eigenvalue weighted by Crippen LogP contribution is -1.95. The summed E-state index contributed by atoms with van der Waals surface area (Å²) >= 11 is 0. The van der Waals surface area contributed by atoms with Crippen LogP contribution in [-0.4, -0.2) is 4.57 Å². The topological polar surface area (TPSA) is 18.1 Å². The second-order valence-electron chi connectivity index (χ2n) is 15.2. The van der Waals surface area contributed by atoms with Gasteiger partial charge in [-0.25, -0.2) is 0 Å². The third-order valence-electron chi connectivity index (χ3n) is 12.0. The van der Waals surface area contributed by atoms with Gasteiger partial charge >= 0.3 is 0 Å². The summed E-state index contributed by atoms with van der Waals surface area (Å²) < 4.78 is 8.86. The van der Waals surface area contributed by atoms with Crippen LogP contribution >= 0.6 is 0 Å². The fourth-order valence-electron chi connectivity index (χ4n) is 9.43. The van der Waals surface area contributed by atoms with Gasteiger partial charge in [0, 0.05) is 32.8 Å². The van der Waals surface area contributed by atoms with E-state index in [0.29, 0.717) is 0 Å². The second kappa shape index (κ2) is 12.9. The molecule has 0 aliphatic rings. The maximum Gasteiger partial charge on any atom is 0.143 e. The normalized spacial score (nSPS) is 11.8. The highest BCUT2D eigenvalue weighted by Crippen LogP contribution is 2.45. The molecule has 0 bridgehead atoms. The molecule has 10 aromatic carbocycles. The molecule has 0 radical (unpaired) electrons. The van der Waals surface area contributed by atoms with Gasteiger partial charge in [0.05, 0.1) is 11.0 Å². The van der Waals surface area contributed by atoms with E-state index in [4.69, 9.17) is 4.42 Å². The lowest BCUT2D eigenvalue weighted by Gasteiger charge is -2.18. The summed E-state index contributed by atoms with van der Waals surface area (Å²) in [4.78, 5) is 0. The number of furan rings is 1. The zero-order valence-electron chi connectivity index (χ0n) is 31.6. The van der Waals surface area contributed by atoms with E-state index in [0.717, 1.165) is 38.8 Å². The van der Waals surface area contributed by atoms with Crippen molar-refractivity contribution >= 4 is 65.3 Å². The first kappa shape index (κ1) is 32.6. The maximum absolute atomic E-state index is 6.43. The molecule has 2 heteroatoms. The van der Waals surface area contributed by atoms with Gasteiger partial charge in [0.1, 0.15) is 11.2 Å². The first-order chi connectivity index (χ1) is 28.8. The van der Waals surface area contributed by atoms with Crippen molar-refractivity contribution in [3.05, 3.63) is 212 Å². The number of hydrogen-bond acceptors (Lipinski definition) is 1. The van der Waals surface area contributed by atoms with Crippen molar-refractivity contribution in [2.75, 3.05) is 0 Å². The quantitative estimate of drug-likeness (QED) is 0.161. The number of fused-ring (bicyclic) bond motifs is 8. The second-order valence-corrected chi connectivity index (χ2v) is 15.2. The third-order valence-corrected chi connectivity index (χ3v) is 12.0. The van der Waals surface area contributed by atoms with E-state index in [-0.39, 0.29) is 0 Å². The molecule has 2 heterocycles. The number of aromatic nitrogens is 1. The largest absolute Gasteiger partial charge is 0.455 e. The Hall–Kier alpha value is -7.68. The summed E-state index contributed by atoms with van der Waals surface area (Å²) in [6, 6.07) is 77.0. The van der Waals surface area contributed by atoms with Crippen LogP contribution in [0.25, 0.3) is 115 Å². The van der Waals surface area contributed by atoms with Gasteiger partial charge in [-0.15, -0.1) is 0 Å². The molecule has 0 N–H and O–H groups in total. The van der Waals surface area contributed by atoms with Gasteiger partial charge < -0.3 is 8.98 Å². The van der Waals surface area contributed by atoms with Crippen LogP contribution in [0.1, 0.15) is 0 Å². The smallest absolute Gasteiger partial charge is 0.143 e. The molecular weight excluding hydrogens is 703 g/mol. The van der Waals surface area contributed by atoms with Crippen LogP contribution in [0.5, 0.6) is 0 Å². The minimum atomic E-state index is 0.913. The van der Waals surface area contributed by atoms with Crippen molar-refractivity contribution in [1.82, 2.24) is 4.57 Å². The molecular formula is C56H35NO. The average molecular weight is 738 g/mol. The lowest BCUT2D eigenvalue weighted by molar-refractivity contribution is 0.670.